The van der Waals surface area contributed by atoms with Crippen LogP contribution < -0.4 is 4.74 Å². The Kier molecular flexibility index (Phi) is 5.64. The molecule has 4 aliphatic carbocycles. The van der Waals surface area contributed by atoms with E-state index in [0.29, 0.717) is 10.2 Å². The Morgan fingerprint density at radius 1 is 1.07 bits per heavy atom. The summed E-state index contributed by atoms with van der Waals surface area (Å²) >= 11 is 4.10. The van der Waals surface area contributed by atoms with E-state index in [1.54, 1.807) is 7.11 Å². The fraction of sp³-hybridized carbons (Fsp3) is 0.720. The maximum absolute atomic E-state index is 13.4. The normalized spacial score (nSPS) is 36.0. The third-order valence-electron chi connectivity index (χ3n) is 8.14. The lowest BCUT2D eigenvalue weighted by molar-refractivity contribution is -0.138. The maximum Gasteiger partial charge on any atom is 0.223 e. The third kappa shape index (κ3) is 4.29. The van der Waals surface area contributed by atoms with E-state index >= 15 is 0 Å². The van der Waals surface area contributed by atoms with Crippen molar-refractivity contribution in [2.45, 2.75) is 62.2 Å². The summed E-state index contributed by atoms with van der Waals surface area (Å²) in [7, 11) is 1.70. The topological polar surface area (TPSA) is 32.8 Å². The number of benzene rings is 1. The molecule has 0 spiro atoms. The molecule has 1 aromatic carbocycles. The molecule has 5 aliphatic rings. The number of rotatable bonds is 5. The highest BCUT2D eigenvalue weighted by Gasteiger charge is 2.57. The van der Waals surface area contributed by atoms with Gasteiger partial charge in [0.25, 0.3) is 0 Å². The van der Waals surface area contributed by atoms with Crippen LogP contribution in [0.4, 0.5) is 0 Å². The van der Waals surface area contributed by atoms with E-state index in [1.165, 1.54) is 44.1 Å². The van der Waals surface area contributed by atoms with Gasteiger partial charge in [0.2, 0.25) is 5.91 Å². The van der Waals surface area contributed by atoms with E-state index in [1.807, 2.05) is 12.1 Å². The van der Waals surface area contributed by atoms with E-state index in [-0.39, 0.29) is 5.41 Å². The molecule has 0 radical (unpaired) electrons. The third-order valence-corrected chi connectivity index (χ3v) is 9.07. The predicted octanol–water partition coefficient (Wildman–Crippen LogP) is 4.85. The minimum absolute atomic E-state index is 0.278. The summed E-state index contributed by atoms with van der Waals surface area (Å²) in [6.45, 7) is 4.77. The molecule has 6 rings (SSSR count). The summed E-state index contributed by atoms with van der Waals surface area (Å²) in [5.74, 6) is 3.02. The first-order valence-electron chi connectivity index (χ1n) is 11.8. The Bertz CT molecular complexity index is 766. The van der Waals surface area contributed by atoms with Crippen molar-refractivity contribution in [3.63, 3.8) is 0 Å². The van der Waals surface area contributed by atoms with Crippen molar-refractivity contribution in [1.82, 2.24) is 9.80 Å². The van der Waals surface area contributed by atoms with E-state index in [4.69, 9.17) is 4.74 Å². The summed E-state index contributed by atoms with van der Waals surface area (Å²) < 4.78 is 5.60. The van der Waals surface area contributed by atoms with Crippen LogP contribution in [-0.4, -0.2) is 53.3 Å². The molecule has 2 unspecified atom stereocenters. The zero-order chi connectivity index (χ0) is 20.8. The number of nitrogens with zero attached hydrogens (tertiary/aromatic N) is 2. The van der Waals surface area contributed by atoms with Crippen LogP contribution in [0.3, 0.4) is 0 Å². The van der Waals surface area contributed by atoms with Crippen molar-refractivity contribution < 1.29 is 9.53 Å². The Labute approximate surface area is 189 Å². The smallest absolute Gasteiger partial charge is 0.223 e. The van der Waals surface area contributed by atoms with Crippen molar-refractivity contribution in [2.75, 3.05) is 33.3 Å². The number of alkyl halides is 1. The fourth-order valence-corrected chi connectivity index (χ4v) is 8.85. The van der Waals surface area contributed by atoms with Gasteiger partial charge in [0.1, 0.15) is 5.75 Å². The summed E-state index contributed by atoms with van der Waals surface area (Å²) in [5.41, 5.74) is 1.59. The Morgan fingerprint density at radius 3 is 2.47 bits per heavy atom. The number of amides is 1. The molecule has 4 saturated carbocycles. The first kappa shape index (κ1) is 20.8. The lowest BCUT2D eigenvalue weighted by atomic mass is 9.48. The van der Waals surface area contributed by atoms with E-state index < -0.39 is 0 Å². The van der Waals surface area contributed by atoms with Crippen LogP contribution in [0.1, 0.15) is 56.9 Å². The summed E-state index contributed by atoms with van der Waals surface area (Å²) in [6, 6.07) is 8.36. The van der Waals surface area contributed by atoms with Gasteiger partial charge in [-0.2, -0.15) is 0 Å². The molecular weight excluding hydrogens is 440 g/mol. The highest BCUT2D eigenvalue weighted by Crippen LogP contribution is 2.65. The van der Waals surface area contributed by atoms with Crippen molar-refractivity contribution in [3.05, 3.63) is 29.8 Å². The minimum atomic E-state index is 0.278. The monoisotopic (exact) mass is 474 g/mol. The standard InChI is InChI=1S/C25H35BrN2O2/c1-30-22-5-3-19(4-6-22)17-27-7-2-8-28(10-9-27)23(29)16-24-12-20-11-21(13-24)15-25(26,14-20)18-24/h3-6,20-21H,2,7-18H2,1H3. The highest BCUT2D eigenvalue weighted by atomic mass is 79.9. The van der Waals surface area contributed by atoms with E-state index in [9.17, 15) is 4.79 Å². The van der Waals surface area contributed by atoms with Gasteiger partial charge >= 0.3 is 0 Å². The largest absolute Gasteiger partial charge is 0.497 e. The zero-order valence-corrected chi connectivity index (χ0v) is 19.8. The van der Waals surface area contributed by atoms with Gasteiger partial charge in [0.05, 0.1) is 7.11 Å². The van der Waals surface area contributed by atoms with Gasteiger partial charge in [-0.15, -0.1) is 0 Å². The van der Waals surface area contributed by atoms with Crippen LogP contribution in [0.15, 0.2) is 24.3 Å². The van der Waals surface area contributed by atoms with Crippen LogP contribution in [0, 0.1) is 17.3 Å². The van der Waals surface area contributed by atoms with Crippen molar-refractivity contribution in [1.29, 1.82) is 0 Å². The second kappa shape index (κ2) is 8.12. The summed E-state index contributed by atoms with van der Waals surface area (Å²) in [5, 5.41) is 0. The Balaban J connectivity index is 1.17. The van der Waals surface area contributed by atoms with Crippen LogP contribution in [0.25, 0.3) is 0 Å². The van der Waals surface area contributed by atoms with Crippen molar-refractivity contribution >= 4 is 21.8 Å². The van der Waals surface area contributed by atoms with Gasteiger partial charge in [0, 0.05) is 43.5 Å². The minimum Gasteiger partial charge on any atom is -0.497 e. The number of halogens is 1. The summed E-state index contributed by atoms with van der Waals surface area (Å²) in [4.78, 5) is 18.0. The van der Waals surface area contributed by atoms with Crippen molar-refractivity contribution in [3.8, 4) is 5.75 Å². The van der Waals surface area contributed by atoms with Gasteiger partial charge in [-0.05, 0) is 79.9 Å². The van der Waals surface area contributed by atoms with Crippen LogP contribution in [0.5, 0.6) is 5.75 Å². The van der Waals surface area contributed by atoms with E-state index in [0.717, 1.165) is 63.2 Å². The SMILES string of the molecule is COc1ccc(CN2CCCN(C(=O)CC34CC5CC(CC(Br)(C5)C3)C4)CC2)cc1. The van der Waals surface area contributed by atoms with E-state index in [2.05, 4.69) is 37.9 Å². The second-order valence-electron chi connectivity index (χ2n) is 10.6. The fourth-order valence-electron chi connectivity index (χ4n) is 7.34. The molecule has 2 atom stereocenters. The molecule has 1 aliphatic heterocycles. The Morgan fingerprint density at radius 2 is 1.80 bits per heavy atom. The molecule has 5 fully saturated rings. The van der Waals surface area contributed by atoms with Crippen LogP contribution in [-0.2, 0) is 11.3 Å². The molecule has 0 aromatic heterocycles. The molecule has 164 valence electrons. The molecule has 4 bridgehead atoms. The molecule has 5 heteroatoms. The molecule has 1 saturated heterocycles. The number of hydrogen-bond donors (Lipinski definition) is 0. The summed E-state index contributed by atoms with van der Waals surface area (Å²) in [6.07, 6.45) is 9.74. The molecule has 1 heterocycles. The zero-order valence-electron chi connectivity index (χ0n) is 18.2. The molecule has 4 nitrogen and oxygen atoms in total. The van der Waals surface area contributed by atoms with Gasteiger partial charge in [0.15, 0.2) is 0 Å². The van der Waals surface area contributed by atoms with Gasteiger partial charge in [-0.3, -0.25) is 9.69 Å². The van der Waals surface area contributed by atoms with Crippen LogP contribution in [0.2, 0.25) is 0 Å². The average Bonchev–Trinajstić information content (AvgIpc) is 2.92. The molecule has 1 amide bonds. The highest BCUT2D eigenvalue weighted by molar-refractivity contribution is 9.10. The molecule has 0 N–H and O–H groups in total. The number of hydrogen-bond acceptors (Lipinski definition) is 3. The maximum atomic E-state index is 13.4. The van der Waals surface area contributed by atoms with Gasteiger partial charge in [-0.25, -0.2) is 0 Å². The number of carbonyl (C=O) groups excluding carboxylic acids is 1. The van der Waals surface area contributed by atoms with Gasteiger partial charge < -0.3 is 9.64 Å². The lowest BCUT2D eigenvalue weighted by Gasteiger charge is -2.60. The number of methoxy groups -OCH3 is 1. The predicted molar refractivity (Wildman–Crippen MR) is 123 cm³/mol. The van der Waals surface area contributed by atoms with Crippen LogP contribution >= 0.6 is 15.9 Å². The van der Waals surface area contributed by atoms with Gasteiger partial charge in [-0.1, -0.05) is 28.1 Å². The average molecular weight is 475 g/mol. The second-order valence-corrected chi connectivity index (χ2v) is 12.3. The first-order chi connectivity index (χ1) is 14.4. The Hall–Kier alpha value is -1.07. The van der Waals surface area contributed by atoms with Crippen molar-refractivity contribution in [2.24, 2.45) is 17.3 Å². The molecule has 1 aromatic rings. The first-order valence-corrected chi connectivity index (χ1v) is 12.6. The number of ether oxygens (including phenoxy) is 1. The molecular formula is C25H35BrN2O2. The lowest BCUT2D eigenvalue weighted by Crippen LogP contribution is -2.54. The number of carbonyl (C=O) groups is 1. The quantitative estimate of drug-likeness (QED) is 0.571. The molecule has 30 heavy (non-hydrogen) atoms.